The lowest BCUT2D eigenvalue weighted by atomic mass is 9.72. The molecule has 0 bridgehead atoms. The van der Waals surface area contributed by atoms with E-state index in [0.29, 0.717) is 11.6 Å². The second-order valence-corrected chi connectivity index (χ2v) is 5.87. The van der Waals surface area contributed by atoms with Crippen molar-refractivity contribution in [3.63, 3.8) is 0 Å². The Morgan fingerprint density at radius 3 is 2.35 bits per heavy atom. The van der Waals surface area contributed by atoms with E-state index in [1.807, 2.05) is 24.3 Å². The van der Waals surface area contributed by atoms with E-state index in [2.05, 4.69) is 4.90 Å². The van der Waals surface area contributed by atoms with Gasteiger partial charge in [0.1, 0.15) is 0 Å². The average Bonchev–Trinajstić information content (AvgIpc) is 2.46. The van der Waals surface area contributed by atoms with Crippen LogP contribution in [0.5, 0.6) is 0 Å². The Hall–Kier alpha value is -1.10. The van der Waals surface area contributed by atoms with Gasteiger partial charge in [0.2, 0.25) is 5.91 Å². The van der Waals surface area contributed by atoms with E-state index in [4.69, 9.17) is 23.1 Å². The highest BCUT2D eigenvalue weighted by Gasteiger charge is 2.41. The zero-order valence-corrected chi connectivity index (χ0v) is 12.4. The maximum absolute atomic E-state index is 12.0. The van der Waals surface area contributed by atoms with Crippen molar-refractivity contribution in [2.75, 3.05) is 26.2 Å². The van der Waals surface area contributed by atoms with Crippen LogP contribution in [0.25, 0.3) is 0 Å². The summed E-state index contributed by atoms with van der Waals surface area (Å²) < 4.78 is 0. The molecule has 5 heteroatoms. The first-order chi connectivity index (χ1) is 9.58. The van der Waals surface area contributed by atoms with Crippen LogP contribution in [0.15, 0.2) is 24.3 Å². The number of likely N-dealkylation sites (tertiary alicyclic amines) is 1. The Bertz CT molecular complexity index is 453. The number of nitrogens with two attached hydrogens (primary N) is 2. The molecule has 1 aliphatic rings. The van der Waals surface area contributed by atoms with E-state index >= 15 is 0 Å². The lowest BCUT2D eigenvalue weighted by Gasteiger charge is -2.40. The highest BCUT2D eigenvalue weighted by molar-refractivity contribution is 6.30. The SMILES string of the molecule is NCCCN1CCC(C(N)=O)(c2ccc(Cl)cc2)CC1. The lowest BCUT2D eigenvalue weighted by Crippen LogP contribution is -2.50. The van der Waals surface area contributed by atoms with Gasteiger partial charge in [-0.25, -0.2) is 0 Å². The fourth-order valence-corrected chi connectivity index (χ4v) is 3.05. The summed E-state index contributed by atoms with van der Waals surface area (Å²) in [7, 11) is 0. The van der Waals surface area contributed by atoms with Gasteiger partial charge in [0.15, 0.2) is 0 Å². The van der Waals surface area contributed by atoms with Crippen molar-refractivity contribution in [2.24, 2.45) is 11.5 Å². The first-order valence-corrected chi connectivity index (χ1v) is 7.45. The monoisotopic (exact) mass is 295 g/mol. The van der Waals surface area contributed by atoms with Crippen LogP contribution in [-0.2, 0) is 10.2 Å². The van der Waals surface area contributed by atoms with Gasteiger partial charge in [0.25, 0.3) is 0 Å². The third kappa shape index (κ3) is 3.14. The van der Waals surface area contributed by atoms with Crippen LogP contribution in [-0.4, -0.2) is 37.0 Å². The molecule has 20 heavy (non-hydrogen) atoms. The van der Waals surface area contributed by atoms with Crippen LogP contribution in [0.4, 0.5) is 0 Å². The Balaban J connectivity index is 2.13. The molecule has 0 radical (unpaired) electrons. The number of halogens is 1. The van der Waals surface area contributed by atoms with Crippen LogP contribution in [0.1, 0.15) is 24.8 Å². The first kappa shape index (κ1) is 15.3. The number of benzene rings is 1. The van der Waals surface area contributed by atoms with E-state index in [9.17, 15) is 4.79 Å². The van der Waals surface area contributed by atoms with Gasteiger partial charge < -0.3 is 16.4 Å². The topological polar surface area (TPSA) is 72.3 Å². The van der Waals surface area contributed by atoms with Crippen molar-refractivity contribution in [1.82, 2.24) is 4.90 Å². The fraction of sp³-hybridized carbons (Fsp3) is 0.533. The van der Waals surface area contributed by atoms with Gasteiger partial charge in [-0.1, -0.05) is 23.7 Å². The molecule has 1 fully saturated rings. The molecule has 0 atom stereocenters. The summed E-state index contributed by atoms with van der Waals surface area (Å²) in [5.74, 6) is -0.238. The Morgan fingerprint density at radius 1 is 1.25 bits per heavy atom. The van der Waals surface area contributed by atoms with Gasteiger partial charge in [-0.05, 0) is 63.1 Å². The Kier molecular flexibility index (Phi) is 5.02. The molecule has 0 aromatic heterocycles. The quantitative estimate of drug-likeness (QED) is 0.865. The van der Waals surface area contributed by atoms with Crippen molar-refractivity contribution in [2.45, 2.75) is 24.7 Å². The molecule has 110 valence electrons. The third-order valence-corrected chi connectivity index (χ3v) is 4.51. The van der Waals surface area contributed by atoms with E-state index in [-0.39, 0.29) is 5.91 Å². The van der Waals surface area contributed by atoms with Gasteiger partial charge in [-0.2, -0.15) is 0 Å². The van der Waals surface area contributed by atoms with Crippen molar-refractivity contribution in [3.8, 4) is 0 Å². The lowest BCUT2D eigenvalue weighted by molar-refractivity contribution is -0.125. The normalized spacial score (nSPS) is 18.9. The summed E-state index contributed by atoms with van der Waals surface area (Å²) in [6.45, 7) is 3.46. The van der Waals surface area contributed by atoms with Crippen molar-refractivity contribution >= 4 is 17.5 Å². The highest BCUT2D eigenvalue weighted by Crippen LogP contribution is 2.35. The van der Waals surface area contributed by atoms with Crippen molar-refractivity contribution < 1.29 is 4.79 Å². The minimum atomic E-state index is -0.552. The Labute approximate surface area is 125 Å². The summed E-state index contributed by atoms with van der Waals surface area (Å²) in [5.41, 5.74) is 11.7. The molecular weight excluding hydrogens is 274 g/mol. The van der Waals surface area contributed by atoms with E-state index in [1.165, 1.54) is 0 Å². The van der Waals surface area contributed by atoms with E-state index in [0.717, 1.165) is 44.5 Å². The molecule has 0 unspecified atom stereocenters. The molecule has 1 aliphatic heterocycles. The summed E-state index contributed by atoms with van der Waals surface area (Å²) in [6, 6.07) is 7.48. The molecule has 0 spiro atoms. The molecule has 1 saturated heterocycles. The molecule has 1 aromatic rings. The predicted octanol–water partition coefficient (Wildman–Crippen LogP) is 1.51. The number of rotatable bonds is 5. The number of hydrogen-bond acceptors (Lipinski definition) is 3. The average molecular weight is 296 g/mol. The summed E-state index contributed by atoms with van der Waals surface area (Å²) in [4.78, 5) is 14.4. The smallest absolute Gasteiger partial charge is 0.228 e. The van der Waals surface area contributed by atoms with E-state index in [1.54, 1.807) is 0 Å². The Morgan fingerprint density at radius 2 is 1.85 bits per heavy atom. The van der Waals surface area contributed by atoms with Gasteiger partial charge in [-0.3, -0.25) is 4.79 Å². The predicted molar refractivity (Wildman–Crippen MR) is 81.7 cm³/mol. The maximum Gasteiger partial charge on any atom is 0.228 e. The summed E-state index contributed by atoms with van der Waals surface area (Å²) >= 11 is 5.92. The summed E-state index contributed by atoms with van der Waals surface area (Å²) in [5, 5.41) is 0.675. The van der Waals surface area contributed by atoms with Crippen LogP contribution in [0, 0.1) is 0 Å². The number of piperidine rings is 1. The molecule has 0 aliphatic carbocycles. The van der Waals surface area contributed by atoms with Crippen LogP contribution in [0.3, 0.4) is 0 Å². The van der Waals surface area contributed by atoms with Crippen molar-refractivity contribution in [3.05, 3.63) is 34.9 Å². The number of hydrogen-bond donors (Lipinski definition) is 2. The standard InChI is InChI=1S/C15H22ClN3O/c16-13-4-2-12(3-5-13)15(14(18)20)6-10-19(11-7-15)9-1-8-17/h2-5H,1,6-11,17H2,(H2,18,20). The number of carbonyl (C=O) groups excluding carboxylic acids is 1. The highest BCUT2D eigenvalue weighted by atomic mass is 35.5. The number of amides is 1. The molecular formula is C15H22ClN3O. The molecule has 1 heterocycles. The summed E-state index contributed by atoms with van der Waals surface area (Å²) in [6.07, 6.45) is 2.51. The number of carbonyl (C=O) groups is 1. The molecule has 2 rings (SSSR count). The minimum Gasteiger partial charge on any atom is -0.369 e. The zero-order chi connectivity index (χ0) is 14.6. The minimum absolute atomic E-state index is 0.238. The maximum atomic E-state index is 12.0. The van der Waals surface area contributed by atoms with Crippen LogP contribution < -0.4 is 11.5 Å². The number of primary amides is 1. The molecule has 4 N–H and O–H groups in total. The van der Waals surface area contributed by atoms with Crippen LogP contribution in [0.2, 0.25) is 5.02 Å². The van der Waals surface area contributed by atoms with Gasteiger partial charge in [0, 0.05) is 5.02 Å². The molecule has 1 aromatic carbocycles. The van der Waals surface area contributed by atoms with Gasteiger partial charge >= 0.3 is 0 Å². The first-order valence-electron chi connectivity index (χ1n) is 7.07. The van der Waals surface area contributed by atoms with Crippen LogP contribution >= 0.6 is 11.6 Å². The van der Waals surface area contributed by atoms with Crippen molar-refractivity contribution in [1.29, 1.82) is 0 Å². The molecule has 1 amide bonds. The third-order valence-electron chi connectivity index (χ3n) is 4.26. The van der Waals surface area contributed by atoms with Gasteiger partial charge in [-0.15, -0.1) is 0 Å². The zero-order valence-electron chi connectivity index (χ0n) is 11.6. The molecule has 0 saturated carbocycles. The largest absolute Gasteiger partial charge is 0.369 e. The molecule has 4 nitrogen and oxygen atoms in total. The second kappa shape index (κ2) is 6.57. The van der Waals surface area contributed by atoms with Gasteiger partial charge in [0.05, 0.1) is 5.41 Å². The fourth-order valence-electron chi connectivity index (χ4n) is 2.92. The number of nitrogens with zero attached hydrogens (tertiary/aromatic N) is 1. The second-order valence-electron chi connectivity index (χ2n) is 5.44. The van der Waals surface area contributed by atoms with E-state index < -0.39 is 5.41 Å².